The van der Waals surface area contributed by atoms with Crippen LogP contribution < -0.4 is 8.37 Å². The number of benzene rings is 2. The number of hydrogen-bond acceptors (Lipinski definition) is 7. The second-order valence-corrected chi connectivity index (χ2v) is 5.86. The van der Waals surface area contributed by atoms with Crippen LogP contribution in [-0.4, -0.2) is 31.0 Å². The summed E-state index contributed by atoms with van der Waals surface area (Å²) < 4.78 is 68.4. The molecule has 0 radical (unpaired) electrons. The Bertz CT molecular complexity index is 900. The molecule has 0 fully saturated rings. The molecule has 0 unspecified atom stereocenters. The molecule has 0 bridgehead atoms. The highest BCUT2D eigenvalue weighted by atomic mass is 32.3. The van der Waals surface area contributed by atoms with Crippen LogP contribution in [0.3, 0.4) is 0 Å². The summed E-state index contributed by atoms with van der Waals surface area (Å²) in [5, 5.41) is 9.86. The van der Waals surface area contributed by atoms with Crippen LogP contribution in [0.2, 0.25) is 0 Å². The Kier molecular flexibility index (Phi) is 3.67. The lowest BCUT2D eigenvalue weighted by Gasteiger charge is -2.09. The number of rotatable bonds is 4. The van der Waals surface area contributed by atoms with Crippen LogP contribution in [0.1, 0.15) is 0 Å². The van der Waals surface area contributed by atoms with Crippen LogP contribution >= 0.6 is 0 Å². The molecule has 0 aromatic heterocycles. The lowest BCUT2D eigenvalue weighted by Crippen LogP contribution is -2.07. The lowest BCUT2D eigenvalue weighted by atomic mass is 10.1. The summed E-state index contributed by atoms with van der Waals surface area (Å²) in [6.45, 7) is 0. The first kappa shape index (κ1) is 15.3. The largest absolute Gasteiger partial charge is 0.507 e. The SMILES string of the molecule is O=S(=O)(O)Oc1cc(O)c2c(OS(=O)(=O)O)cccc2c1. The van der Waals surface area contributed by atoms with Gasteiger partial charge in [0.2, 0.25) is 0 Å². The predicted molar refractivity (Wildman–Crippen MR) is 70.0 cm³/mol. The van der Waals surface area contributed by atoms with Gasteiger partial charge in [-0.3, -0.25) is 9.11 Å². The summed E-state index contributed by atoms with van der Waals surface area (Å²) in [5.41, 5.74) is 0. The highest BCUT2D eigenvalue weighted by molar-refractivity contribution is 7.81. The molecule has 3 N–H and O–H groups in total. The first-order valence-corrected chi connectivity index (χ1v) is 7.88. The highest BCUT2D eigenvalue weighted by Gasteiger charge is 2.16. The second kappa shape index (κ2) is 5.04. The van der Waals surface area contributed by atoms with Gasteiger partial charge in [0.1, 0.15) is 11.5 Å². The molecule has 2 rings (SSSR count). The van der Waals surface area contributed by atoms with Crippen molar-refractivity contribution in [2.45, 2.75) is 0 Å². The molecule has 0 aliphatic heterocycles. The quantitative estimate of drug-likeness (QED) is 0.693. The molecular formula is C10H8O9S2. The smallest absolute Gasteiger partial charge is 0.446 e. The maximum Gasteiger partial charge on any atom is 0.446 e. The summed E-state index contributed by atoms with van der Waals surface area (Å²) >= 11 is 0. The molecule has 2 aromatic rings. The van der Waals surface area contributed by atoms with Gasteiger partial charge in [0.15, 0.2) is 5.75 Å². The van der Waals surface area contributed by atoms with E-state index in [2.05, 4.69) is 8.37 Å². The molecule has 21 heavy (non-hydrogen) atoms. The van der Waals surface area contributed by atoms with E-state index in [0.29, 0.717) is 0 Å². The third-order valence-electron chi connectivity index (χ3n) is 2.29. The second-order valence-electron chi connectivity index (χ2n) is 3.82. The van der Waals surface area contributed by atoms with Crippen molar-refractivity contribution in [3.8, 4) is 17.2 Å². The Hall–Kier alpha value is -2.08. The van der Waals surface area contributed by atoms with Crippen molar-refractivity contribution in [2.24, 2.45) is 0 Å². The topological polar surface area (TPSA) is 147 Å². The van der Waals surface area contributed by atoms with Gasteiger partial charge in [-0.2, -0.15) is 16.8 Å². The van der Waals surface area contributed by atoms with Gasteiger partial charge in [-0.25, -0.2) is 0 Å². The zero-order chi connectivity index (χ0) is 15.8. The summed E-state index contributed by atoms with van der Waals surface area (Å²) in [6.07, 6.45) is 0. The van der Waals surface area contributed by atoms with Gasteiger partial charge in [0.05, 0.1) is 5.39 Å². The molecule has 0 amide bonds. The molecule has 2 aromatic carbocycles. The Labute approximate surface area is 119 Å². The average Bonchev–Trinajstić information content (AvgIpc) is 2.23. The number of phenolic OH excluding ortho intramolecular Hbond substituents is 1. The standard InChI is InChI=1S/C10H8O9S2/c11-8-5-7(18-20(12,13)14)4-6-2-1-3-9(10(6)8)19-21(15,16)17/h1-5,11H,(H,12,13,14)(H,15,16,17). The average molecular weight is 336 g/mol. The van der Waals surface area contributed by atoms with E-state index in [1.807, 2.05) is 0 Å². The van der Waals surface area contributed by atoms with Crippen molar-refractivity contribution in [1.82, 2.24) is 0 Å². The first-order chi connectivity index (χ1) is 9.55. The molecule has 0 saturated heterocycles. The van der Waals surface area contributed by atoms with Crippen molar-refractivity contribution in [3.05, 3.63) is 30.3 Å². The van der Waals surface area contributed by atoms with E-state index in [0.717, 1.165) is 12.1 Å². The van der Waals surface area contributed by atoms with Crippen molar-refractivity contribution in [1.29, 1.82) is 0 Å². The molecule has 0 saturated carbocycles. The van der Waals surface area contributed by atoms with Crippen molar-refractivity contribution in [3.63, 3.8) is 0 Å². The van der Waals surface area contributed by atoms with Gasteiger partial charge >= 0.3 is 20.8 Å². The normalized spacial score (nSPS) is 12.3. The van der Waals surface area contributed by atoms with Crippen molar-refractivity contribution in [2.75, 3.05) is 0 Å². The van der Waals surface area contributed by atoms with E-state index in [-0.39, 0.29) is 16.5 Å². The monoisotopic (exact) mass is 336 g/mol. The fourth-order valence-electron chi connectivity index (χ4n) is 1.70. The van der Waals surface area contributed by atoms with Gasteiger partial charge in [-0.1, -0.05) is 12.1 Å². The van der Waals surface area contributed by atoms with E-state index in [9.17, 15) is 21.9 Å². The van der Waals surface area contributed by atoms with Crippen LogP contribution in [0.4, 0.5) is 0 Å². The van der Waals surface area contributed by atoms with Crippen molar-refractivity contribution >= 4 is 31.6 Å². The first-order valence-electron chi connectivity index (χ1n) is 5.15. The predicted octanol–water partition coefficient (Wildman–Crippen LogP) is 0.909. The maximum atomic E-state index is 10.7. The summed E-state index contributed by atoms with van der Waals surface area (Å²) in [5.74, 6) is -1.34. The molecule has 0 spiro atoms. The molecule has 11 heteroatoms. The van der Waals surface area contributed by atoms with Crippen LogP contribution in [0.15, 0.2) is 30.3 Å². The Morgan fingerprint density at radius 1 is 0.905 bits per heavy atom. The van der Waals surface area contributed by atoms with E-state index < -0.39 is 32.3 Å². The summed E-state index contributed by atoms with van der Waals surface area (Å²) in [6, 6.07) is 5.83. The third kappa shape index (κ3) is 3.95. The minimum atomic E-state index is -4.80. The third-order valence-corrected chi connectivity index (χ3v) is 3.08. The van der Waals surface area contributed by atoms with Crippen LogP contribution in [0.25, 0.3) is 10.8 Å². The fourth-order valence-corrected chi connectivity index (χ4v) is 2.40. The zero-order valence-corrected chi connectivity index (χ0v) is 11.6. The Morgan fingerprint density at radius 2 is 1.52 bits per heavy atom. The molecular weight excluding hydrogens is 328 g/mol. The van der Waals surface area contributed by atoms with Gasteiger partial charge in [0.25, 0.3) is 0 Å². The number of fused-ring (bicyclic) bond motifs is 1. The number of hydrogen-bond donors (Lipinski definition) is 3. The Morgan fingerprint density at radius 3 is 2.10 bits per heavy atom. The summed E-state index contributed by atoms with van der Waals surface area (Å²) in [7, 11) is -9.58. The van der Waals surface area contributed by atoms with E-state index in [1.165, 1.54) is 18.2 Å². The number of aromatic hydroxyl groups is 1. The van der Waals surface area contributed by atoms with E-state index in [4.69, 9.17) is 9.11 Å². The minimum Gasteiger partial charge on any atom is -0.507 e. The molecule has 114 valence electrons. The fraction of sp³-hybridized carbons (Fsp3) is 0. The van der Waals surface area contributed by atoms with Gasteiger partial charge < -0.3 is 13.5 Å². The Balaban J connectivity index is 2.63. The van der Waals surface area contributed by atoms with Crippen molar-refractivity contribution < 1.29 is 39.4 Å². The minimum absolute atomic E-state index is 0.0992. The molecule has 9 nitrogen and oxygen atoms in total. The van der Waals surface area contributed by atoms with E-state index in [1.54, 1.807) is 0 Å². The van der Waals surface area contributed by atoms with Crippen LogP contribution in [-0.2, 0) is 20.8 Å². The molecule has 0 atom stereocenters. The van der Waals surface area contributed by atoms with E-state index >= 15 is 0 Å². The molecule has 0 aliphatic rings. The van der Waals surface area contributed by atoms with Crippen LogP contribution in [0.5, 0.6) is 17.2 Å². The highest BCUT2D eigenvalue weighted by Crippen LogP contribution is 2.37. The lowest BCUT2D eigenvalue weighted by molar-refractivity contribution is 0.385. The van der Waals surface area contributed by atoms with Gasteiger partial charge in [-0.15, -0.1) is 0 Å². The zero-order valence-electron chi connectivity index (χ0n) is 9.99. The maximum absolute atomic E-state index is 10.7. The molecule has 0 aliphatic carbocycles. The number of phenols is 1. The molecule has 0 heterocycles. The summed E-state index contributed by atoms with van der Waals surface area (Å²) in [4.78, 5) is 0. The van der Waals surface area contributed by atoms with Crippen LogP contribution in [0, 0.1) is 0 Å². The van der Waals surface area contributed by atoms with Gasteiger partial charge in [0, 0.05) is 6.07 Å². The van der Waals surface area contributed by atoms with Gasteiger partial charge in [-0.05, 0) is 17.5 Å².